The Labute approximate surface area is 134 Å². The molecule has 1 rings (SSSR count). The molecule has 122 valence electrons. The number of aliphatic hydroxyl groups is 1. The van der Waals surface area contributed by atoms with E-state index in [-0.39, 0.29) is 10.2 Å². The standard InChI is InChI=1S/C15H25BrO5/c1-10(2)14(18)21-13-6-5-11(7-12(13)17)8-19-20-9-15(3,4)16/h11-13,17H,1,5-9H2,2-4H3. The van der Waals surface area contributed by atoms with Crippen molar-refractivity contribution in [2.75, 3.05) is 13.2 Å². The molecule has 0 aromatic carbocycles. The average Bonchev–Trinajstić information content (AvgIpc) is 2.36. The van der Waals surface area contributed by atoms with Crippen LogP contribution in [0.3, 0.4) is 0 Å². The molecule has 6 heteroatoms. The number of aliphatic hydroxyl groups excluding tert-OH is 1. The Kier molecular flexibility index (Phi) is 7.33. The van der Waals surface area contributed by atoms with Gasteiger partial charge in [-0.25, -0.2) is 14.6 Å². The van der Waals surface area contributed by atoms with E-state index in [9.17, 15) is 9.90 Å². The Hall–Kier alpha value is -0.430. The highest BCUT2D eigenvalue weighted by Crippen LogP contribution is 2.27. The smallest absolute Gasteiger partial charge is 0.333 e. The molecule has 0 heterocycles. The molecule has 1 fully saturated rings. The van der Waals surface area contributed by atoms with Gasteiger partial charge in [0, 0.05) is 9.90 Å². The van der Waals surface area contributed by atoms with E-state index in [1.807, 2.05) is 13.8 Å². The first-order valence-electron chi connectivity index (χ1n) is 7.17. The minimum absolute atomic E-state index is 0.124. The van der Waals surface area contributed by atoms with Crippen molar-refractivity contribution in [2.24, 2.45) is 5.92 Å². The van der Waals surface area contributed by atoms with Crippen molar-refractivity contribution in [3.63, 3.8) is 0 Å². The Bertz CT molecular complexity index is 364. The molecule has 0 radical (unpaired) electrons. The van der Waals surface area contributed by atoms with Crippen molar-refractivity contribution < 1.29 is 24.4 Å². The summed E-state index contributed by atoms with van der Waals surface area (Å²) in [4.78, 5) is 21.8. The second-order valence-corrected chi connectivity index (χ2v) is 8.38. The van der Waals surface area contributed by atoms with Crippen LogP contribution >= 0.6 is 15.9 Å². The third kappa shape index (κ3) is 7.40. The minimum Gasteiger partial charge on any atom is -0.456 e. The molecular weight excluding hydrogens is 340 g/mol. The molecule has 0 aromatic rings. The number of esters is 1. The van der Waals surface area contributed by atoms with Crippen LogP contribution in [0.15, 0.2) is 12.2 Å². The Balaban J connectivity index is 2.26. The molecule has 1 saturated carbocycles. The SMILES string of the molecule is C=C(C)C(=O)OC1CCC(COOCC(C)(C)Br)CC1O. The van der Waals surface area contributed by atoms with Gasteiger partial charge in [0.25, 0.3) is 0 Å². The molecule has 0 saturated heterocycles. The van der Waals surface area contributed by atoms with Gasteiger partial charge in [0.1, 0.15) is 6.10 Å². The lowest BCUT2D eigenvalue weighted by Crippen LogP contribution is -2.38. The van der Waals surface area contributed by atoms with Crippen LogP contribution in [0.5, 0.6) is 0 Å². The third-order valence-electron chi connectivity index (χ3n) is 3.26. The number of hydrogen-bond acceptors (Lipinski definition) is 5. The number of alkyl halides is 1. The molecule has 0 aliphatic heterocycles. The van der Waals surface area contributed by atoms with Crippen LogP contribution in [0.25, 0.3) is 0 Å². The first kappa shape index (κ1) is 18.6. The molecule has 0 spiro atoms. The van der Waals surface area contributed by atoms with E-state index in [0.717, 1.165) is 6.42 Å². The fourth-order valence-corrected chi connectivity index (χ4v) is 2.15. The van der Waals surface area contributed by atoms with Crippen molar-refractivity contribution in [1.29, 1.82) is 0 Å². The second kappa shape index (κ2) is 8.27. The summed E-state index contributed by atoms with van der Waals surface area (Å²) in [6.45, 7) is 9.98. The van der Waals surface area contributed by atoms with E-state index in [1.165, 1.54) is 0 Å². The van der Waals surface area contributed by atoms with Crippen LogP contribution in [0.1, 0.15) is 40.0 Å². The first-order chi connectivity index (χ1) is 9.69. The summed E-state index contributed by atoms with van der Waals surface area (Å²) in [6, 6.07) is 0. The maximum Gasteiger partial charge on any atom is 0.333 e. The van der Waals surface area contributed by atoms with Crippen molar-refractivity contribution in [3.05, 3.63) is 12.2 Å². The molecular formula is C15H25BrO5. The number of ether oxygens (including phenoxy) is 1. The van der Waals surface area contributed by atoms with Gasteiger partial charge >= 0.3 is 5.97 Å². The summed E-state index contributed by atoms with van der Waals surface area (Å²) in [7, 11) is 0. The van der Waals surface area contributed by atoms with Crippen LogP contribution in [-0.4, -0.2) is 40.8 Å². The normalized spacial score (nSPS) is 26.4. The van der Waals surface area contributed by atoms with E-state index in [1.54, 1.807) is 6.92 Å². The monoisotopic (exact) mass is 364 g/mol. The zero-order valence-corrected chi connectivity index (χ0v) is 14.5. The van der Waals surface area contributed by atoms with Crippen LogP contribution in [0, 0.1) is 5.92 Å². The highest BCUT2D eigenvalue weighted by atomic mass is 79.9. The lowest BCUT2D eigenvalue weighted by Gasteiger charge is -2.32. The molecule has 3 unspecified atom stereocenters. The maximum atomic E-state index is 11.5. The highest BCUT2D eigenvalue weighted by Gasteiger charge is 2.32. The number of carbonyl (C=O) groups is 1. The number of rotatable bonds is 7. The molecule has 1 aliphatic carbocycles. The van der Waals surface area contributed by atoms with E-state index in [2.05, 4.69) is 22.5 Å². The number of carbonyl (C=O) groups excluding carboxylic acids is 1. The van der Waals surface area contributed by atoms with Crippen molar-refractivity contribution >= 4 is 21.9 Å². The molecule has 3 atom stereocenters. The van der Waals surface area contributed by atoms with Gasteiger partial charge in [0.15, 0.2) is 0 Å². The van der Waals surface area contributed by atoms with Crippen LogP contribution in [0.4, 0.5) is 0 Å². The summed E-state index contributed by atoms with van der Waals surface area (Å²) in [5.41, 5.74) is 0.346. The van der Waals surface area contributed by atoms with Gasteiger partial charge in [-0.15, -0.1) is 0 Å². The molecule has 0 aromatic heterocycles. The van der Waals surface area contributed by atoms with Crippen molar-refractivity contribution in [1.82, 2.24) is 0 Å². The summed E-state index contributed by atoms with van der Waals surface area (Å²) < 4.78 is 5.09. The van der Waals surface area contributed by atoms with Gasteiger partial charge in [0.2, 0.25) is 0 Å². The van der Waals surface area contributed by atoms with E-state index in [0.29, 0.717) is 31.6 Å². The highest BCUT2D eigenvalue weighted by molar-refractivity contribution is 9.10. The molecule has 0 bridgehead atoms. The fourth-order valence-electron chi connectivity index (χ4n) is 2.06. The predicted octanol–water partition coefficient (Wildman–Crippen LogP) is 2.76. The zero-order chi connectivity index (χ0) is 16.0. The molecule has 5 nitrogen and oxygen atoms in total. The number of halogens is 1. The Morgan fingerprint density at radius 2 is 2.05 bits per heavy atom. The van der Waals surface area contributed by atoms with E-state index < -0.39 is 18.2 Å². The third-order valence-corrected chi connectivity index (χ3v) is 3.49. The van der Waals surface area contributed by atoms with E-state index in [4.69, 9.17) is 14.5 Å². The molecule has 1 aliphatic rings. The van der Waals surface area contributed by atoms with Crippen LogP contribution < -0.4 is 0 Å². The lowest BCUT2D eigenvalue weighted by atomic mass is 9.86. The van der Waals surface area contributed by atoms with Crippen LogP contribution in [0.2, 0.25) is 0 Å². The van der Waals surface area contributed by atoms with Gasteiger partial charge in [-0.2, -0.15) is 0 Å². The Morgan fingerprint density at radius 3 is 2.57 bits per heavy atom. The lowest BCUT2D eigenvalue weighted by molar-refractivity contribution is -0.306. The molecule has 21 heavy (non-hydrogen) atoms. The van der Waals surface area contributed by atoms with Gasteiger partial charge < -0.3 is 9.84 Å². The first-order valence-corrected chi connectivity index (χ1v) is 7.96. The van der Waals surface area contributed by atoms with Gasteiger partial charge in [-0.05, 0) is 46.0 Å². The molecule has 0 amide bonds. The van der Waals surface area contributed by atoms with E-state index >= 15 is 0 Å². The van der Waals surface area contributed by atoms with Gasteiger partial charge in [-0.3, -0.25) is 0 Å². The topological polar surface area (TPSA) is 65.0 Å². The number of hydrogen-bond donors (Lipinski definition) is 1. The van der Waals surface area contributed by atoms with Crippen molar-refractivity contribution in [3.8, 4) is 0 Å². The summed E-state index contributed by atoms with van der Waals surface area (Å²) in [5, 5.41) is 10.0. The largest absolute Gasteiger partial charge is 0.456 e. The minimum atomic E-state index is -0.664. The zero-order valence-electron chi connectivity index (χ0n) is 12.9. The quantitative estimate of drug-likeness (QED) is 0.188. The Morgan fingerprint density at radius 1 is 1.38 bits per heavy atom. The summed E-state index contributed by atoms with van der Waals surface area (Å²) >= 11 is 3.46. The second-order valence-electron chi connectivity index (χ2n) is 6.24. The maximum absolute atomic E-state index is 11.5. The average molecular weight is 365 g/mol. The van der Waals surface area contributed by atoms with Crippen molar-refractivity contribution in [2.45, 2.75) is 56.6 Å². The molecule has 1 N–H and O–H groups in total. The van der Waals surface area contributed by atoms with Crippen LogP contribution in [-0.2, 0) is 19.3 Å². The summed E-state index contributed by atoms with van der Waals surface area (Å²) in [6.07, 6.45) is 0.871. The van der Waals surface area contributed by atoms with Gasteiger partial charge in [0.05, 0.1) is 19.3 Å². The predicted molar refractivity (Wildman–Crippen MR) is 83.0 cm³/mol. The fraction of sp³-hybridized carbons (Fsp3) is 0.800. The summed E-state index contributed by atoms with van der Waals surface area (Å²) in [5.74, 6) is -0.241. The van der Waals surface area contributed by atoms with Gasteiger partial charge in [-0.1, -0.05) is 22.5 Å².